The van der Waals surface area contributed by atoms with E-state index in [0.29, 0.717) is 6.42 Å². The second-order valence-electron chi connectivity index (χ2n) is 4.71. The van der Waals surface area contributed by atoms with Gasteiger partial charge in [-0.2, -0.15) is 0 Å². The summed E-state index contributed by atoms with van der Waals surface area (Å²) in [4.78, 5) is 33.9. The highest BCUT2D eigenvalue weighted by atomic mass is 16.6. The molecule has 6 nitrogen and oxygen atoms in total. The van der Waals surface area contributed by atoms with Crippen LogP contribution in [0, 0.1) is 5.41 Å². The van der Waals surface area contributed by atoms with Crippen LogP contribution >= 0.6 is 0 Å². The van der Waals surface area contributed by atoms with E-state index in [9.17, 15) is 14.4 Å². The average molecular weight is 322 g/mol. The molecule has 0 amide bonds. The topological polar surface area (TPSA) is 78.9 Å². The lowest BCUT2D eigenvalue weighted by atomic mass is 9.86. The van der Waals surface area contributed by atoms with E-state index in [0.717, 1.165) is 18.2 Å². The number of allylic oxidation sites excluding steroid dienone is 2. The van der Waals surface area contributed by atoms with Gasteiger partial charge in [-0.1, -0.05) is 31.9 Å². The Balaban J connectivity index is 5.21. The van der Waals surface area contributed by atoms with Crippen LogP contribution in [0.25, 0.3) is 0 Å². The summed E-state index contributed by atoms with van der Waals surface area (Å²) in [5.74, 6) is -1.88. The largest absolute Gasteiger partial charge is 0.462 e. The van der Waals surface area contributed by atoms with Crippen molar-refractivity contribution in [2.45, 2.75) is 13.3 Å². The molecule has 23 heavy (non-hydrogen) atoms. The van der Waals surface area contributed by atoms with Crippen molar-refractivity contribution < 1.29 is 28.6 Å². The molecule has 0 aliphatic rings. The second kappa shape index (κ2) is 11.0. The third-order valence-electron chi connectivity index (χ3n) is 2.85. The Labute approximate surface area is 136 Å². The Morgan fingerprint density at radius 2 is 1.17 bits per heavy atom. The minimum Gasteiger partial charge on any atom is -0.462 e. The summed E-state index contributed by atoms with van der Waals surface area (Å²) >= 11 is 0. The van der Waals surface area contributed by atoms with Crippen molar-refractivity contribution in [3.63, 3.8) is 0 Å². The van der Waals surface area contributed by atoms with E-state index >= 15 is 0 Å². The smallest absolute Gasteiger partial charge is 0.330 e. The summed E-state index contributed by atoms with van der Waals surface area (Å²) < 4.78 is 15.2. The number of ether oxygens (including phenoxy) is 3. The zero-order valence-corrected chi connectivity index (χ0v) is 13.3. The molecule has 0 aromatic carbocycles. The third kappa shape index (κ3) is 8.40. The van der Waals surface area contributed by atoms with E-state index in [1.807, 2.05) is 6.92 Å². The number of esters is 3. The fourth-order valence-corrected chi connectivity index (χ4v) is 1.52. The zero-order valence-electron chi connectivity index (χ0n) is 13.3. The van der Waals surface area contributed by atoms with E-state index in [4.69, 9.17) is 14.2 Å². The number of carbonyl (C=O) groups excluding carboxylic acids is 3. The fourth-order valence-electron chi connectivity index (χ4n) is 1.52. The van der Waals surface area contributed by atoms with E-state index in [2.05, 4.69) is 19.7 Å². The van der Waals surface area contributed by atoms with Gasteiger partial charge in [0, 0.05) is 18.2 Å². The van der Waals surface area contributed by atoms with Gasteiger partial charge >= 0.3 is 17.9 Å². The maximum atomic E-state index is 11.3. The highest BCUT2D eigenvalue weighted by molar-refractivity contribution is 5.82. The first-order valence-electron chi connectivity index (χ1n) is 6.91. The highest BCUT2D eigenvalue weighted by Crippen LogP contribution is 2.25. The zero-order chi connectivity index (χ0) is 17.7. The van der Waals surface area contributed by atoms with Crippen molar-refractivity contribution in [1.82, 2.24) is 0 Å². The van der Waals surface area contributed by atoms with E-state index in [-0.39, 0.29) is 19.8 Å². The first kappa shape index (κ1) is 20.4. The molecule has 0 atom stereocenters. The molecule has 0 unspecified atom stereocenters. The van der Waals surface area contributed by atoms with Crippen molar-refractivity contribution in [3.05, 3.63) is 50.1 Å². The van der Waals surface area contributed by atoms with Gasteiger partial charge in [0.15, 0.2) is 0 Å². The maximum Gasteiger partial charge on any atom is 0.330 e. The maximum absolute atomic E-state index is 11.3. The SMILES string of the molecule is C=CC(=O)OCC(CC=CC)(COC(=O)C=C)COC(=O)C=C. The lowest BCUT2D eigenvalue weighted by Gasteiger charge is -2.30. The van der Waals surface area contributed by atoms with Gasteiger partial charge in [0.2, 0.25) is 0 Å². The molecular weight excluding hydrogens is 300 g/mol. The average Bonchev–Trinajstić information content (AvgIpc) is 2.59. The predicted molar refractivity (Wildman–Crippen MR) is 85.3 cm³/mol. The van der Waals surface area contributed by atoms with Crippen LogP contribution in [0.15, 0.2) is 50.1 Å². The van der Waals surface area contributed by atoms with Crippen molar-refractivity contribution in [2.75, 3.05) is 19.8 Å². The number of rotatable bonds is 11. The molecule has 0 N–H and O–H groups in total. The Morgan fingerprint density at radius 1 is 0.826 bits per heavy atom. The van der Waals surface area contributed by atoms with Crippen LogP contribution in [0.1, 0.15) is 13.3 Å². The first-order valence-corrected chi connectivity index (χ1v) is 6.91. The normalized spacial score (nSPS) is 10.7. The number of hydrogen-bond donors (Lipinski definition) is 0. The van der Waals surface area contributed by atoms with Gasteiger partial charge in [0.05, 0.1) is 5.41 Å². The molecule has 0 aliphatic carbocycles. The van der Waals surface area contributed by atoms with Crippen LogP contribution in [0.2, 0.25) is 0 Å². The van der Waals surface area contributed by atoms with Gasteiger partial charge in [-0.05, 0) is 13.3 Å². The Morgan fingerprint density at radius 3 is 1.43 bits per heavy atom. The third-order valence-corrected chi connectivity index (χ3v) is 2.85. The summed E-state index contributed by atoms with van der Waals surface area (Å²) in [6.07, 6.45) is 7.01. The van der Waals surface area contributed by atoms with Gasteiger partial charge in [0.1, 0.15) is 19.8 Å². The fraction of sp³-hybridized carbons (Fsp3) is 0.353. The lowest BCUT2D eigenvalue weighted by molar-refractivity contribution is -0.155. The molecule has 0 spiro atoms. The molecular formula is C17H22O6. The summed E-state index contributed by atoms with van der Waals surface area (Å²) in [5, 5.41) is 0. The molecule has 0 radical (unpaired) electrons. The van der Waals surface area contributed by atoms with Crippen molar-refractivity contribution in [3.8, 4) is 0 Å². The highest BCUT2D eigenvalue weighted by Gasteiger charge is 2.34. The van der Waals surface area contributed by atoms with Crippen LogP contribution in [0.4, 0.5) is 0 Å². The monoisotopic (exact) mass is 322 g/mol. The minimum absolute atomic E-state index is 0.114. The Kier molecular flexibility index (Phi) is 9.75. The minimum atomic E-state index is -0.914. The molecule has 0 rings (SSSR count). The van der Waals surface area contributed by atoms with Crippen LogP contribution in [-0.2, 0) is 28.6 Å². The summed E-state index contributed by atoms with van der Waals surface area (Å²) in [5.41, 5.74) is -0.914. The predicted octanol–water partition coefficient (Wildman–Crippen LogP) is 2.13. The van der Waals surface area contributed by atoms with Gasteiger partial charge < -0.3 is 14.2 Å². The molecule has 0 fully saturated rings. The molecule has 0 heterocycles. The van der Waals surface area contributed by atoms with Crippen LogP contribution in [-0.4, -0.2) is 37.7 Å². The van der Waals surface area contributed by atoms with Gasteiger partial charge in [-0.3, -0.25) is 0 Å². The van der Waals surface area contributed by atoms with Crippen LogP contribution < -0.4 is 0 Å². The second-order valence-corrected chi connectivity index (χ2v) is 4.71. The Hall–Kier alpha value is -2.63. The van der Waals surface area contributed by atoms with E-state index < -0.39 is 23.3 Å². The molecule has 6 heteroatoms. The van der Waals surface area contributed by atoms with Gasteiger partial charge in [0.25, 0.3) is 0 Å². The molecule has 0 aromatic rings. The summed E-state index contributed by atoms with van der Waals surface area (Å²) in [6.45, 7) is 11.4. The number of carbonyl (C=O) groups is 3. The first-order chi connectivity index (χ1) is 10.9. The van der Waals surface area contributed by atoms with Crippen molar-refractivity contribution in [2.24, 2.45) is 5.41 Å². The van der Waals surface area contributed by atoms with E-state index in [1.54, 1.807) is 12.2 Å². The van der Waals surface area contributed by atoms with E-state index in [1.165, 1.54) is 0 Å². The number of hydrogen-bond acceptors (Lipinski definition) is 6. The summed E-state index contributed by atoms with van der Waals surface area (Å²) in [6, 6.07) is 0. The van der Waals surface area contributed by atoms with Gasteiger partial charge in [-0.15, -0.1) is 0 Å². The lowest BCUT2D eigenvalue weighted by Crippen LogP contribution is -2.39. The quantitative estimate of drug-likeness (QED) is 0.251. The molecule has 0 bridgehead atoms. The molecule has 0 aliphatic heterocycles. The molecule has 0 saturated heterocycles. The molecule has 0 aromatic heterocycles. The van der Waals surface area contributed by atoms with Crippen molar-refractivity contribution in [1.29, 1.82) is 0 Å². The van der Waals surface area contributed by atoms with Gasteiger partial charge in [-0.25, -0.2) is 14.4 Å². The molecule has 0 saturated carbocycles. The van der Waals surface area contributed by atoms with Crippen LogP contribution in [0.3, 0.4) is 0 Å². The van der Waals surface area contributed by atoms with Crippen molar-refractivity contribution >= 4 is 17.9 Å². The Bertz CT molecular complexity index is 429. The summed E-state index contributed by atoms with van der Waals surface area (Å²) in [7, 11) is 0. The molecule has 126 valence electrons. The van der Waals surface area contributed by atoms with Crippen LogP contribution in [0.5, 0.6) is 0 Å². The standard InChI is InChI=1S/C17H22O6/c1-5-9-10-17(11-21-14(18)6-2,12-22-15(19)7-3)13-23-16(20)8-4/h5-9H,2-4,10-13H2,1H3.